The molecule has 1 aromatic carbocycles. The van der Waals surface area contributed by atoms with Crippen LogP contribution in [0.25, 0.3) is 11.3 Å². The molecular weight excluding hydrogens is 316 g/mol. The van der Waals surface area contributed by atoms with E-state index in [1.165, 1.54) is 17.9 Å². The maximum absolute atomic E-state index is 10.9. The number of aromatic carboxylic acids is 1. The van der Waals surface area contributed by atoms with E-state index in [0.717, 1.165) is 0 Å². The van der Waals surface area contributed by atoms with Crippen LogP contribution in [0.4, 0.5) is 0 Å². The summed E-state index contributed by atoms with van der Waals surface area (Å²) in [6.45, 7) is 0. The minimum Gasteiger partial charge on any atom is -0.504 e. The first-order valence-corrected chi connectivity index (χ1v) is 6.08. The number of hydrogen-bond donors (Lipinski definition) is 2. The number of carboxylic acid groups (broad SMARTS) is 1. The first kappa shape index (κ1) is 13.4. The summed E-state index contributed by atoms with van der Waals surface area (Å²) in [5.41, 5.74) is 0.814. The molecule has 0 aliphatic carbocycles. The molecule has 0 unspecified atom stereocenters. The highest BCUT2D eigenvalue weighted by Crippen LogP contribution is 2.42. The van der Waals surface area contributed by atoms with Crippen molar-refractivity contribution >= 4 is 21.9 Å². The lowest BCUT2D eigenvalue weighted by molar-refractivity contribution is 0.0689. The van der Waals surface area contributed by atoms with Crippen molar-refractivity contribution in [3.63, 3.8) is 0 Å². The molecule has 0 aliphatic rings. The molecule has 19 heavy (non-hydrogen) atoms. The first-order valence-electron chi connectivity index (χ1n) is 5.29. The van der Waals surface area contributed by atoms with Gasteiger partial charge in [-0.15, -0.1) is 0 Å². The van der Waals surface area contributed by atoms with Crippen molar-refractivity contribution in [1.29, 1.82) is 0 Å². The highest BCUT2D eigenvalue weighted by Gasteiger charge is 2.19. The zero-order valence-electron chi connectivity index (χ0n) is 10.2. The highest BCUT2D eigenvalue weighted by molar-refractivity contribution is 9.10. The number of ether oxygens (including phenoxy) is 1. The van der Waals surface area contributed by atoms with E-state index >= 15 is 0 Å². The van der Waals surface area contributed by atoms with Crippen molar-refractivity contribution < 1.29 is 19.7 Å². The molecule has 0 fully saturated rings. The number of phenolic OH excluding ortho intramolecular Hbond substituents is 1. The van der Waals surface area contributed by atoms with Crippen molar-refractivity contribution in [2.75, 3.05) is 7.11 Å². The molecule has 2 rings (SSSR count). The van der Waals surface area contributed by atoms with Crippen molar-refractivity contribution in [3.05, 3.63) is 28.4 Å². The van der Waals surface area contributed by atoms with Crippen LogP contribution in [-0.4, -0.2) is 33.1 Å². The molecule has 0 amide bonds. The second-order valence-electron chi connectivity index (χ2n) is 3.82. The van der Waals surface area contributed by atoms with Crippen LogP contribution in [0.3, 0.4) is 0 Å². The van der Waals surface area contributed by atoms with Crippen LogP contribution in [0.15, 0.2) is 22.7 Å². The van der Waals surface area contributed by atoms with Gasteiger partial charge >= 0.3 is 5.97 Å². The third-order valence-corrected chi connectivity index (χ3v) is 3.33. The topological polar surface area (TPSA) is 84.6 Å². The Kier molecular flexibility index (Phi) is 3.48. The zero-order valence-corrected chi connectivity index (χ0v) is 11.8. The fraction of sp³-hybridized carbons (Fsp3) is 0.167. The molecule has 0 bridgehead atoms. The summed E-state index contributed by atoms with van der Waals surface area (Å²) in [5, 5.41) is 23.0. The molecule has 1 aromatic heterocycles. The van der Waals surface area contributed by atoms with Gasteiger partial charge in [0.05, 0.1) is 18.4 Å². The minimum atomic E-state index is -1.12. The molecule has 2 N–H and O–H groups in total. The molecule has 0 radical (unpaired) electrons. The number of aromatic hydroxyl groups is 1. The van der Waals surface area contributed by atoms with Crippen LogP contribution in [0.5, 0.6) is 11.5 Å². The van der Waals surface area contributed by atoms with Gasteiger partial charge in [-0.2, -0.15) is 5.10 Å². The van der Waals surface area contributed by atoms with Gasteiger partial charge in [0.15, 0.2) is 17.2 Å². The number of methoxy groups -OCH3 is 1. The van der Waals surface area contributed by atoms with E-state index in [2.05, 4.69) is 21.0 Å². The molecule has 1 heterocycles. The molecule has 2 aromatic rings. The SMILES string of the molecule is COc1ccc(Br)c(-c2cc(C(=O)O)nn2C)c1O. The second-order valence-corrected chi connectivity index (χ2v) is 4.67. The third kappa shape index (κ3) is 2.28. The predicted octanol–water partition coefficient (Wildman–Crippen LogP) is 2.26. The smallest absolute Gasteiger partial charge is 0.356 e. The average molecular weight is 327 g/mol. The van der Waals surface area contributed by atoms with Gasteiger partial charge in [-0.3, -0.25) is 4.68 Å². The van der Waals surface area contributed by atoms with E-state index in [1.54, 1.807) is 19.2 Å². The fourth-order valence-electron chi connectivity index (χ4n) is 1.76. The van der Waals surface area contributed by atoms with E-state index in [-0.39, 0.29) is 11.4 Å². The Morgan fingerprint density at radius 2 is 2.16 bits per heavy atom. The van der Waals surface area contributed by atoms with Gasteiger partial charge in [0.25, 0.3) is 0 Å². The van der Waals surface area contributed by atoms with Gasteiger partial charge in [-0.1, -0.05) is 0 Å². The third-order valence-electron chi connectivity index (χ3n) is 2.67. The van der Waals surface area contributed by atoms with Crippen LogP contribution in [0.2, 0.25) is 0 Å². The molecule has 7 heteroatoms. The van der Waals surface area contributed by atoms with Gasteiger partial charge in [-0.25, -0.2) is 4.79 Å². The quantitative estimate of drug-likeness (QED) is 0.903. The summed E-state index contributed by atoms with van der Waals surface area (Å²) < 4.78 is 7.05. The summed E-state index contributed by atoms with van der Waals surface area (Å²) in [6.07, 6.45) is 0. The maximum Gasteiger partial charge on any atom is 0.356 e. The fourth-order valence-corrected chi connectivity index (χ4v) is 2.28. The lowest BCUT2D eigenvalue weighted by atomic mass is 10.1. The normalized spacial score (nSPS) is 10.5. The lowest BCUT2D eigenvalue weighted by Crippen LogP contribution is -1.99. The number of benzene rings is 1. The van der Waals surface area contributed by atoms with Crippen molar-refractivity contribution in [2.24, 2.45) is 7.05 Å². The summed E-state index contributed by atoms with van der Waals surface area (Å²) in [7, 11) is 3.05. The van der Waals surface area contributed by atoms with Crippen LogP contribution in [0, 0.1) is 0 Å². The van der Waals surface area contributed by atoms with E-state index in [9.17, 15) is 9.90 Å². The van der Waals surface area contributed by atoms with Gasteiger partial charge < -0.3 is 14.9 Å². The van der Waals surface area contributed by atoms with Crippen LogP contribution in [-0.2, 0) is 7.05 Å². The maximum atomic E-state index is 10.9. The van der Waals surface area contributed by atoms with Gasteiger partial charge in [0.2, 0.25) is 0 Å². The number of carboxylic acids is 1. The largest absolute Gasteiger partial charge is 0.504 e. The monoisotopic (exact) mass is 326 g/mol. The van der Waals surface area contributed by atoms with Crippen LogP contribution >= 0.6 is 15.9 Å². The Balaban J connectivity index is 2.68. The predicted molar refractivity (Wildman–Crippen MR) is 71.5 cm³/mol. The Bertz CT molecular complexity index is 651. The number of halogens is 1. The molecule has 0 atom stereocenters. The highest BCUT2D eigenvalue weighted by atomic mass is 79.9. The lowest BCUT2D eigenvalue weighted by Gasteiger charge is -2.11. The van der Waals surface area contributed by atoms with E-state index in [0.29, 0.717) is 21.5 Å². The summed E-state index contributed by atoms with van der Waals surface area (Å²) in [6, 6.07) is 4.71. The van der Waals surface area contributed by atoms with E-state index in [1.807, 2.05) is 0 Å². The Hall–Kier alpha value is -2.02. The summed E-state index contributed by atoms with van der Waals surface area (Å²) in [4.78, 5) is 10.9. The molecular formula is C12H11BrN2O4. The number of aromatic nitrogens is 2. The molecule has 0 aliphatic heterocycles. The second kappa shape index (κ2) is 4.93. The van der Waals surface area contributed by atoms with Gasteiger partial charge in [-0.05, 0) is 34.1 Å². The Morgan fingerprint density at radius 3 is 2.68 bits per heavy atom. The number of nitrogens with zero attached hydrogens (tertiary/aromatic N) is 2. The number of phenols is 1. The standard InChI is InChI=1S/C12H11BrN2O4/c1-15-8(5-7(14-15)12(17)18)10-6(13)3-4-9(19-2)11(10)16/h3-5,16H,1-2H3,(H,17,18). The first-order chi connectivity index (χ1) is 8.95. The number of hydrogen-bond acceptors (Lipinski definition) is 4. The van der Waals surface area contributed by atoms with Crippen LogP contribution in [0.1, 0.15) is 10.5 Å². The molecule has 0 spiro atoms. The molecule has 100 valence electrons. The van der Waals surface area contributed by atoms with Crippen molar-refractivity contribution in [3.8, 4) is 22.8 Å². The minimum absolute atomic E-state index is 0.0724. The van der Waals surface area contributed by atoms with Gasteiger partial charge in [0.1, 0.15) is 0 Å². The molecule has 6 nitrogen and oxygen atoms in total. The zero-order chi connectivity index (χ0) is 14.2. The van der Waals surface area contributed by atoms with Crippen LogP contribution < -0.4 is 4.74 Å². The molecule has 0 saturated heterocycles. The van der Waals surface area contributed by atoms with Crippen molar-refractivity contribution in [2.45, 2.75) is 0 Å². The average Bonchev–Trinajstić information content (AvgIpc) is 2.72. The Morgan fingerprint density at radius 1 is 1.47 bits per heavy atom. The Labute approximate surface area is 117 Å². The van der Waals surface area contributed by atoms with E-state index in [4.69, 9.17) is 9.84 Å². The summed E-state index contributed by atoms with van der Waals surface area (Å²) in [5.74, 6) is -0.895. The number of carbonyl (C=O) groups is 1. The molecule has 0 saturated carbocycles. The summed E-state index contributed by atoms with van der Waals surface area (Å²) >= 11 is 3.32. The van der Waals surface area contributed by atoms with Crippen molar-refractivity contribution in [1.82, 2.24) is 9.78 Å². The van der Waals surface area contributed by atoms with Gasteiger partial charge in [0, 0.05) is 11.5 Å². The number of rotatable bonds is 3. The number of aryl methyl sites for hydroxylation is 1. The van der Waals surface area contributed by atoms with E-state index < -0.39 is 5.97 Å².